The van der Waals surface area contributed by atoms with E-state index in [0.29, 0.717) is 17.0 Å². The van der Waals surface area contributed by atoms with E-state index in [2.05, 4.69) is 26.3 Å². The number of imide groups is 1. The summed E-state index contributed by atoms with van der Waals surface area (Å²) in [5.41, 5.74) is 0.808. The van der Waals surface area contributed by atoms with Crippen molar-refractivity contribution in [2.24, 2.45) is 28.8 Å². The molecule has 2 aromatic rings. The number of hydrogen-bond acceptors (Lipinski definition) is 5. The minimum atomic E-state index is -0.466. The maximum Gasteiger partial charge on any atom is 0.262 e. The summed E-state index contributed by atoms with van der Waals surface area (Å²) in [6.07, 6.45) is 6.29. The van der Waals surface area contributed by atoms with Crippen LogP contribution in [-0.4, -0.2) is 35.6 Å². The van der Waals surface area contributed by atoms with E-state index in [9.17, 15) is 18.8 Å². The molecule has 4 atom stereocenters. The number of anilines is 1. The summed E-state index contributed by atoms with van der Waals surface area (Å²) in [6, 6.07) is 10.6. The molecule has 2 bridgehead atoms. The first-order valence-electron chi connectivity index (χ1n) is 10.5. The molecule has 1 aliphatic heterocycles. The van der Waals surface area contributed by atoms with Gasteiger partial charge < -0.3 is 10.1 Å². The molecular weight excluding hydrogens is 493 g/mol. The van der Waals surface area contributed by atoms with Crippen LogP contribution < -0.4 is 10.1 Å². The number of hydrogen-bond donors (Lipinski definition) is 1. The molecule has 1 saturated carbocycles. The maximum atomic E-state index is 13.3. The van der Waals surface area contributed by atoms with Crippen LogP contribution in [0.15, 0.2) is 64.2 Å². The Kier molecular flexibility index (Phi) is 5.57. The van der Waals surface area contributed by atoms with Crippen LogP contribution >= 0.6 is 15.9 Å². The lowest BCUT2D eigenvalue weighted by molar-refractivity contribution is -0.140. The molecule has 3 amide bonds. The highest BCUT2D eigenvalue weighted by molar-refractivity contribution is 9.10. The quantitative estimate of drug-likeness (QED) is 0.363. The molecule has 0 spiro atoms. The predicted molar refractivity (Wildman–Crippen MR) is 122 cm³/mol. The van der Waals surface area contributed by atoms with Gasteiger partial charge in [-0.3, -0.25) is 14.4 Å². The summed E-state index contributed by atoms with van der Waals surface area (Å²) < 4.78 is 19.7. The van der Waals surface area contributed by atoms with Crippen LogP contribution in [0.4, 0.5) is 10.1 Å². The van der Waals surface area contributed by atoms with Gasteiger partial charge in [-0.2, -0.15) is 10.1 Å². The standard InChI is InChI=1S/C24H19BrFN3O4/c25-16-6-7-19(33-12-20(30)28-18-3-1-2-17(26)10-18)15(9-16)11-27-29-23(31)21-13-4-5-14(8-13)22(21)24(29)32/h1-7,9-11,13-14,21-22H,8,12H2,(H,28,30)/t13-,14-,21-,22+/m0/s1. The number of nitrogens with zero attached hydrogens (tertiary/aromatic N) is 2. The van der Waals surface area contributed by atoms with Crippen molar-refractivity contribution in [2.45, 2.75) is 6.42 Å². The summed E-state index contributed by atoms with van der Waals surface area (Å²) in [6.45, 7) is -0.320. The topological polar surface area (TPSA) is 88.1 Å². The van der Waals surface area contributed by atoms with Crippen LogP contribution in [0.25, 0.3) is 0 Å². The molecule has 5 rings (SSSR count). The number of fused-ring (bicyclic) bond motifs is 5. The molecule has 2 fully saturated rings. The van der Waals surface area contributed by atoms with E-state index in [1.807, 2.05) is 12.2 Å². The van der Waals surface area contributed by atoms with Crippen molar-refractivity contribution >= 4 is 45.6 Å². The SMILES string of the molecule is O=C(COc1ccc(Br)cc1C=NN1C(=O)[C@@H]2[C@H](C1=O)[C@H]1C=C[C@H]2C1)Nc1cccc(F)c1. The highest BCUT2D eigenvalue weighted by Crippen LogP contribution is 2.52. The van der Waals surface area contributed by atoms with E-state index in [4.69, 9.17) is 4.74 Å². The number of rotatable bonds is 6. The first-order valence-corrected chi connectivity index (χ1v) is 11.3. The van der Waals surface area contributed by atoms with Crippen LogP contribution in [0.2, 0.25) is 0 Å². The minimum Gasteiger partial charge on any atom is -0.483 e. The monoisotopic (exact) mass is 511 g/mol. The van der Waals surface area contributed by atoms with E-state index < -0.39 is 11.7 Å². The largest absolute Gasteiger partial charge is 0.483 e. The number of nitrogens with one attached hydrogen (secondary N) is 1. The molecular formula is C24H19BrFN3O4. The Balaban J connectivity index is 1.28. The number of amides is 3. The normalized spacial score (nSPS) is 25.2. The first kappa shape index (κ1) is 21.5. The molecule has 3 aliphatic rings. The zero-order valence-electron chi connectivity index (χ0n) is 17.3. The summed E-state index contributed by atoms with van der Waals surface area (Å²) in [5, 5.41) is 7.70. The molecule has 0 radical (unpaired) electrons. The molecule has 33 heavy (non-hydrogen) atoms. The molecule has 2 aromatic carbocycles. The fraction of sp³-hybridized carbons (Fsp3) is 0.250. The fourth-order valence-corrected chi connectivity index (χ4v) is 5.16. The summed E-state index contributed by atoms with van der Waals surface area (Å²) in [5.74, 6) is -1.56. The van der Waals surface area contributed by atoms with Gasteiger partial charge in [0.05, 0.1) is 18.1 Å². The zero-order valence-corrected chi connectivity index (χ0v) is 18.9. The van der Waals surface area contributed by atoms with Gasteiger partial charge in [0.2, 0.25) is 0 Å². The number of carbonyl (C=O) groups is 3. The van der Waals surface area contributed by atoms with Crippen molar-refractivity contribution in [3.05, 3.63) is 70.5 Å². The summed E-state index contributed by atoms with van der Waals surface area (Å²) in [7, 11) is 0. The van der Waals surface area contributed by atoms with Crippen LogP contribution in [0.3, 0.4) is 0 Å². The molecule has 1 N–H and O–H groups in total. The van der Waals surface area contributed by atoms with Gasteiger partial charge in [0.25, 0.3) is 17.7 Å². The van der Waals surface area contributed by atoms with Gasteiger partial charge in [0.1, 0.15) is 11.6 Å². The molecule has 0 aromatic heterocycles. The molecule has 168 valence electrons. The number of ether oxygens (including phenoxy) is 1. The van der Waals surface area contributed by atoms with Crippen molar-refractivity contribution in [2.75, 3.05) is 11.9 Å². The predicted octanol–water partition coefficient (Wildman–Crippen LogP) is 3.75. The van der Waals surface area contributed by atoms with Gasteiger partial charge in [-0.15, -0.1) is 0 Å². The lowest BCUT2D eigenvalue weighted by atomic mass is 9.85. The Morgan fingerprint density at radius 3 is 2.58 bits per heavy atom. The average molecular weight is 512 g/mol. The Bertz CT molecular complexity index is 1180. The minimum absolute atomic E-state index is 0.109. The Morgan fingerprint density at radius 1 is 1.15 bits per heavy atom. The second kappa shape index (κ2) is 8.55. The van der Waals surface area contributed by atoms with Gasteiger partial charge in [0, 0.05) is 15.7 Å². The fourth-order valence-electron chi connectivity index (χ4n) is 4.78. The molecule has 2 aliphatic carbocycles. The van der Waals surface area contributed by atoms with Crippen LogP contribution in [0, 0.1) is 29.5 Å². The number of allylic oxidation sites excluding steroid dienone is 2. The van der Waals surface area contributed by atoms with Crippen molar-refractivity contribution < 1.29 is 23.5 Å². The lowest BCUT2D eigenvalue weighted by Gasteiger charge is -2.13. The highest BCUT2D eigenvalue weighted by atomic mass is 79.9. The van der Waals surface area contributed by atoms with Gasteiger partial charge >= 0.3 is 0 Å². The summed E-state index contributed by atoms with van der Waals surface area (Å²) in [4.78, 5) is 37.8. The average Bonchev–Trinajstić information content (AvgIpc) is 3.46. The Labute approximate surface area is 197 Å². The molecule has 7 nitrogen and oxygen atoms in total. The van der Waals surface area contributed by atoms with Gasteiger partial charge in [-0.05, 0) is 54.7 Å². The third kappa shape index (κ3) is 4.08. The molecule has 1 heterocycles. The number of halogens is 2. The smallest absolute Gasteiger partial charge is 0.262 e. The Hall–Kier alpha value is -3.33. The number of hydrazone groups is 1. The van der Waals surface area contributed by atoms with Gasteiger partial charge in [0.15, 0.2) is 6.61 Å². The highest BCUT2D eigenvalue weighted by Gasteiger charge is 2.59. The number of benzene rings is 2. The van der Waals surface area contributed by atoms with E-state index in [1.165, 1.54) is 24.4 Å². The van der Waals surface area contributed by atoms with E-state index >= 15 is 0 Å². The lowest BCUT2D eigenvalue weighted by Crippen LogP contribution is -2.28. The number of carbonyl (C=O) groups excluding carboxylic acids is 3. The van der Waals surface area contributed by atoms with Crippen molar-refractivity contribution in [1.29, 1.82) is 0 Å². The van der Waals surface area contributed by atoms with Gasteiger partial charge in [-0.1, -0.05) is 34.1 Å². The molecule has 9 heteroatoms. The van der Waals surface area contributed by atoms with Crippen LogP contribution in [0.5, 0.6) is 5.75 Å². The second-order valence-electron chi connectivity index (χ2n) is 8.26. The summed E-state index contributed by atoms with van der Waals surface area (Å²) >= 11 is 3.38. The third-order valence-corrected chi connectivity index (χ3v) is 6.69. The van der Waals surface area contributed by atoms with Crippen LogP contribution in [-0.2, 0) is 14.4 Å². The Morgan fingerprint density at radius 2 is 1.88 bits per heavy atom. The van der Waals surface area contributed by atoms with E-state index in [0.717, 1.165) is 15.9 Å². The molecule has 1 saturated heterocycles. The zero-order chi connectivity index (χ0) is 23.1. The van der Waals surface area contributed by atoms with Crippen molar-refractivity contribution in [1.82, 2.24) is 5.01 Å². The maximum absolute atomic E-state index is 13.3. The first-order chi connectivity index (χ1) is 15.9. The molecule has 0 unspecified atom stereocenters. The van der Waals surface area contributed by atoms with E-state index in [-0.39, 0.29) is 42.1 Å². The third-order valence-electron chi connectivity index (χ3n) is 6.20. The van der Waals surface area contributed by atoms with Crippen molar-refractivity contribution in [3.63, 3.8) is 0 Å². The van der Waals surface area contributed by atoms with Crippen LogP contribution in [0.1, 0.15) is 12.0 Å². The second-order valence-corrected chi connectivity index (χ2v) is 9.18. The van der Waals surface area contributed by atoms with Crippen molar-refractivity contribution in [3.8, 4) is 5.75 Å². The van der Waals surface area contributed by atoms with E-state index in [1.54, 1.807) is 24.3 Å². The van der Waals surface area contributed by atoms with Gasteiger partial charge in [-0.25, -0.2) is 4.39 Å².